The van der Waals surface area contributed by atoms with Crippen molar-refractivity contribution in [2.45, 2.75) is 13.5 Å². The molecule has 0 spiro atoms. The Bertz CT molecular complexity index is 585. The van der Waals surface area contributed by atoms with E-state index in [-0.39, 0.29) is 11.6 Å². The second-order valence-corrected chi connectivity index (χ2v) is 5.03. The molecule has 0 amide bonds. The third kappa shape index (κ3) is 2.81. The van der Waals surface area contributed by atoms with Crippen LogP contribution in [-0.4, -0.2) is 24.1 Å². The van der Waals surface area contributed by atoms with Crippen molar-refractivity contribution in [3.8, 4) is 0 Å². The van der Waals surface area contributed by atoms with Gasteiger partial charge in [-0.3, -0.25) is 0 Å². The molecule has 2 aromatic rings. The number of aromatic nitrogens is 2. The molecular formula is C12H14F2N4S. The molecule has 2 aromatic heterocycles. The molecule has 2 rings (SSSR count). The Kier molecular flexibility index (Phi) is 3.94. The number of pyridine rings is 1. The van der Waals surface area contributed by atoms with Crippen molar-refractivity contribution in [3.05, 3.63) is 33.8 Å². The molecule has 0 atom stereocenters. The largest absolute Gasteiger partial charge is 0.371 e. The number of nitrogens with one attached hydrogen (secondary N) is 1. The molecule has 2 heterocycles. The van der Waals surface area contributed by atoms with E-state index in [9.17, 15) is 8.78 Å². The monoisotopic (exact) mass is 284 g/mol. The van der Waals surface area contributed by atoms with Gasteiger partial charge in [0.1, 0.15) is 0 Å². The van der Waals surface area contributed by atoms with Crippen LogP contribution in [0.3, 0.4) is 0 Å². The molecule has 0 aliphatic carbocycles. The van der Waals surface area contributed by atoms with Crippen molar-refractivity contribution in [1.82, 2.24) is 9.97 Å². The highest BCUT2D eigenvalue weighted by Gasteiger charge is 2.16. The Labute approximate surface area is 114 Å². The molecule has 0 radical (unpaired) electrons. The summed E-state index contributed by atoms with van der Waals surface area (Å²) in [6, 6.07) is 0.837. The molecule has 4 nitrogen and oxygen atoms in total. The van der Waals surface area contributed by atoms with Gasteiger partial charge >= 0.3 is 0 Å². The lowest BCUT2D eigenvalue weighted by atomic mass is 10.3. The van der Waals surface area contributed by atoms with Crippen molar-refractivity contribution < 1.29 is 8.78 Å². The maximum atomic E-state index is 13.8. The average Bonchev–Trinajstić information content (AvgIpc) is 2.75. The molecule has 0 aromatic carbocycles. The molecule has 0 aliphatic heterocycles. The van der Waals surface area contributed by atoms with Crippen LogP contribution in [0.4, 0.5) is 20.4 Å². The second kappa shape index (κ2) is 5.48. The fourth-order valence-electron chi connectivity index (χ4n) is 1.67. The van der Waals surface area contributed by atoms with E-state index in [2.05, 4.69) is 15.3 Å². The van der Waals surface area contributed by atoms with E-state index in [0.29, 0.717) is 6.54 Å². The predicted molar refractivity (Wildman–Crippen MR) is 72.7 cm³/mol. The molecule has 1 N–H and O–H groups in total. The van der Waals surface area contributed by atoms with Crippen molar-refractivity contribution in [1.29, 1.82) is 0 Å². The molecule has 0 fully saturated rings. The van der Waals surface area contributed by atoms with Crippen LogP contribution in [0.15, 0.2) is 11.6 Å². The topological polar surface area (TPSA) is 41.1 Å². The van der Waals surface area contributed by atoms with Gasteiger partial charge in [-0.2, -0.15) is 0 Å². The first kappa shape index (κ1) is 13.7. The molecule has 0 unspecified atom stereocenters. The molecule has 19 heavy (non-hydrogen) atoms. The molecule has 0 bridgehead atoms. The smallest absolute Gasteiger partial charge is 0.168 e. The first-order valence-electron chi connectivity index (χ1n) is 5.66. The van der Waals surface area contributed by atoms with Crippen LogP contribution in [0.25, 0.3) is 0 Å². The van der Waals surface area contributed by atoms with E-state index in [1.54, 1.807) is 24.5 Å². The summed E-state index contributed by atoms with van der Waals surface area (Å²) in [5, 5.41) is 2.60. The lowest BCUT2D eigenvalue weighted by Gasteiger charge is -2.19. The van der Waals surface area contributed by atoms with Gasteiger partial charge in [-0.05, 0) is 6.92 Å². The zero-order valence-electron chi connectivity index (χ0n) is 10.9. The third-order valence-electron chi connectivity index (χ3n) is 2.73. The van der Waals surface area contributed by atoms with E-state index >= 15 is 0 Å². The van der Waals surface area contributed by atoms with Crippen LogP contribution in [0.1, 0.15) is 10.6 Å². The highest BCUT2D eigenvalue weighted by Crippen LogP contribution is 2.24. The van der Waals surface area contributed by atoms with Crippen LogP contribution in [0.2, 0.25) is 0 Å². The van der Waals surface area contributed by atoms with Gasteiger partial charge in [0.15, 0.2) is 23.3 Å². The number of halogens is 2. The Hall–Kier alpha value is -1.76. The molecule has 102 valence electrons. The number of thiazole rings is 1. The summed E-state index contributed by atoms with van der Waals surface area (Å²) in [5.41, 5.74) is 2.65. The van der Waals surface area contributed by atoms with Gasteiger partial charge in [0.05, 0.1) is 17.7 Å². The first-order chi connectivity index (χ1) is 9.02. The van der Waals surface area contributed by atoms with E-state index < -0.39 is 11.6 Å². The maximum Gasteiger partial charge on any atom is 0.168 e. The van der Waals surface area contributed by atoms with Crippen molar-refractivity contribution in [3.63, 3.8) is 0 Å². The van der Waals surface area contributed by atoms with Crippen molar-refractivity contribution in [2.24, 2.45) is 0 Å². The van der Waals surface area contributed by atoms with Gasteiger partial charge in [0.2, 0.25) is 0 Å². The summed E-state index contributed by atoms with van der Waals surface area (Å²) >= 11 is 1.50. The van der Waals surface area contributed by atoms with Crippen LogP contribution < -0.4 is 10.2 Å². The summed E-state index contributed by atoms with van der Waals surface area (Å²) in [6.07, 6.45) is 0. The second-order valence-electron chi connectivity index (χ2n) is 4.09. The van der Waals surface area contributed by atoms with Gasteiger partial charge in [-0.25, -0.2) is 18.7 Å². The lowest BCUT2D eigenvalue weighted by molar-refractivity contribution is 0.573. The number of nitrogens with zero attached hydrogens (tertiary/aromatic N) is 3. The minimum Gasteiger partial charge on any atom is -0.371 e. The number of rotatable bonds is 4. The van der Waals surface area contributed by atoms with Gasteiger partial charge < -0.3 is 10.2 Å². The Morgan fingerprint density at radius 3 is 2.68 bits per heavy atom. The van der Waals surface area contributed by atoms with Crippen LogP contribution in [0.5, 0.6) is 0 Å². The van der Waals surface area contributed by atoms with Gasteiger partial charge in [0, 0.05) is 25.0 Å². The van der Waals surface area contributed by atoms with E-state index in [1.165, 1.54) is 11.3 Å². The molecule has 7 heteroatoms. The van der Waals surface area contributed by atoms with Crippen molar-refractivity contribution in [2.75, 3.05) is 24.3 Å². The fourth-order valence-corrected chi connectivity index (χ4v) is 2.50. The number of anilines is 2. The quantitative estimate of drug-likeness (QED) is 0.937. The summed E-state index contributed by atoms with van der Waals surface area (Å²) in [4.78, 5) is 10.8. The van der Waals surface area contributed by atoms with E-state index in [0.717, 1.165) is 16.6 Å². The summed E-state index contributed by atoms with van der Waals surface area (Å²) in [7, 11) is 3.25. The maximum absolute atomic E-state index is 13.8. The first-order valence-corrected chi connectivity index (χ1v) is 6.54. The third-order valence-corrected chi connectivity index (χ3v) is 3.65. The Morgan fingerprint density at radius 2 is 2.11 bits per heavy atom. The molecule has 0 saturated heterocycles. The zero-order chi connectivity index (χ0) is 14.0. The summed E-state index contributed by atoms with van der Waals surface area (Å²) in [6.45, 7) is 2.38. The van der Waals surface area contributed by atoms with Gasteiger partial charge in [-0.1, -0.05) is 0 Å². The van der Waals surface area contributed by atoms with Crippen LogP contribution in [-0.2, 0) is 6.54 Å². The number of hydrogen-bond acceptors (Lipinski definition) is 5. The molecule has 0 aliphatic rings. The summed E-state index contributed by atoms with van der Waals surface area (Å²) < 4.78 is 27.1. The highest BCUT2D eigenvalue weighted by atomic mass is 32.1. The molecule has 0 saturated carbocycles. The highest BCUT2D eigenvalue weighted by molar-refractivity contribution is 7.09. The van der Waals surface area contributed by atoms with Crippen LogP contribution in [0, 0.1) is 18.6 Å². The van der Waals surface area contributed by atoms with E-state index in [4.69, 9.17) is 0 Å². The SMILES string of the molecule is CNc1nc(N(C)Cc2scnc2C)c(F)cc1F. The van der Waals surface area contributed by atoms with E-state index in [1.807, 2.05) is 6.92 Å². The standard InChI is InChI=1S/C12H14F2N4S/c1-7-10(19-6-16-7)5-18(3)12-9(14)4-8(13)11(15-2)17-12/h4,6H,5H2,1-3H3,(H,15,17). The Balaban J connectivity index is 2.28. The summed E-state index contributed by atoms with van der Waals surface area (Å²) in [5.74, 6) is -1.24. The fraction of sp³-hybridized carbons (Fsp3) is 0.333. The molecular weight excluding hydrogens is 270 g/mol. The minimum atomic E-state index is -0.703. The number of aryl methyl sites for hydroxylation is 1. The lowest BCUT2D eigenvalue weighted by Crippen LogP contribution is -2.20. The van der Waals surface area contributed by atoms with Crippen molar-refractivity contribution >= 4 is 23.0 Å². The number of hydrogen-bond donors (Lipinski definition) is 1. The predicted octanol–water partition coefficient (Wildman–Crippen LogP) is 2.80. The Morgan fingerprint density at radius 1 is 1.37 bits per heavy atom. The van der Waals surface area contributed by atoms with Gasteiger partial charge in [-0.15, -0.1) is 11.3 Å². The van der Waals surface area contributed by atoms with Crippen LogP contribution >= 0.6 is 11.3 Å². The minimum absolute atomic E-state index is 0.0317. The normalized spacial score (nSPS) is 10.6. The average molecular weight is 284 g/mol. The van der Waals surface area contributed by atoms with Gasteiger partial charge in [0.25, 0.3) is 0 Å². The zero-order valence-corrected chi connectivity index (χ0v) is 11.7.